The van der Waals surface area contributed by atoms with Gasteiger partial charge in [-0.25, -0.2) is 4.98 Å². The van der Waals surface area contributed by atoms with Gasteiger partial charge in [-0.2, -0.15) is 0 Å². The molecule has 2 rings (SSSR count). The molecule has 1 aromatic heterocycles. The third-order valence-corrected chi connectivity index (χ3v) is 2.65. The van der Waals surface area contributed by atoms with Crippen LogP contribution in [0.2, 0.25) is 0 Å². The lowest BCUT2D eigenvalue weighted by molar-refractivity contribution is 0.0944. The number of nitrogen functional groups attached to an aromatic ring is 1. The standard InChI is InChI=1S/C14H17N3O/c1-9(2)8-16-14(18)13-7-11(15)10-5-3-4-6-12(10)17-13/h3-7,9H,8H2,1-2H3,(H2,15,17)(H,16,18). The van der Waals surface area contributed by atoms with Crippen LogP contribution in [-0.4, -0.2) is 17.4 Å². The fraction of sp³-hybridized carbons (Fsp3) is 0.286. The Balaban J connectivity index is 2.31. The molecule has 0 aliphatic carbocycles. The Morgan fingerprint density at radius 1 is 1.39 bits per heavy atom. The van der Waals surface area contributed by atoms with Crippen molar-refractivity contribution in [1.82, 2.24) is 10.3 Å². The van der Waals surface area contributed by atoms with Gasteiger partial charge in [0, 0.05) is 17.6 Å². The normalized spacial score (nSPS) is 10.8. The van der Waals surface area contributed by atoms with E-state index in [4.69, 9.17) is 5.73 Å². The monoisotopic (exact) mass is 243 g/mol. The lowest BCUT2D eigenvalue weighted by Gasteiger charge is -2.09. The minimum atomic E-state index is -0.179. The SMILES string of the molecule is CC(C)CNC(=O)c1cc(N)c2ccccc2n1. The van der Waals surface area contributed by atoms with Gasteiger partial charge in [-0.1, -0.05) is 32.0 Å². The number of hydrogen-bond acceptors (Lipinski definition) is 3. The molecule has 1 amide bonds. The van der Waals surface area contributed by atoms with Gasteiger partial charge in [0.1, 0.15) is 5.69 Å². The second kappa shape index (κ2) is 5.04. The van der Waals surface area contributed by atoms with Crippen LogP contribution in [0.4, 0.5) is 5.69 Å². The summed E-state index contributed by atoms with van der Waals surface area (Å²) in [5.74, 6) is 0.230. The molecule has 1 heterocycles. The molecule has 0 spiro atoms. The van der Waals surface area contributed by atoms with Crippen molar-refractivity contribution in [3.63, 3.8) is 0 Å². The minimum absolute atomic E-state index is 0.179. The number of nitrogens with one attached hydrogen (secondary N) is 1. The second-order valence-electron chi connectivity index (χ2n) is 4.72. The molecular formula is C14H17N3O. The highest BCUT2D eigenvalue weighted by Gasteiger charge is 2.10. The van der Waals surface area contributed by atoms with E-state index >= 15 is 0 Å². The molecule has 0 bridgehead atoms. The zero-order valence-electron chi connectivity index (χ0n) is 10.6. The average molecular weight is 243 g/mol. The molecule has 0 atom stereocenters. The van der Waals surface area contributed by atoms with Crippen LogP contribution >= 0.6 is 0 Å². The molecule has 3 N–H and O–H groups in total. The number of carbonyl (C=O) groups excluding carboxylic acids is 1. The number of benzene rings is 1. The van der Waals surface area contributed by atoms with Gasteiger partial charge in [0.2, 0.25) is 0 Å². The molecule has 94 valence electrons. The molecule has 18 heavy (non-hydrogen) atoms. The van der Waals surface area contributed by atoms with Gasteiger partial charge >= 0.3 is 0 Å². The number of pyridine rings is 1. The van der Waals surface area contributed by atoms with E-state index in [2.05, 4.69) is 10.3 Å². The van der Waals surface area contributed by atoms with Gasteiger partial charge in [-0.3, -0.25) is 4.79 Å². The van der Waals surface area contributed by atoms with Gasteiger partial charge in [-0.05, 0) is 18.1 Å². The lowest BCUT2D eigenvalue weighted by atomic mass is 10.1. The summed E-state index contributed by atoms with van der Waals surface area (Å²) >= 11 is 0. The lowest BCUT2D eigenvalue weighted by Crippen LogP contribution is -2.28. The van der Waals surface area contributed by atoms with E-state index in [1.165, 1.54) is 0 Å². The first-order chi connectivity index (χ1) is 8.58. The number of aromatic nitrogens is 1. The van der Waals surface area contributed by atoms with Crippen LogP contribution in [0, 0.1) is 5.92 Å². The molecule has 0 saturated heterocycles. The molecule has 0 aliphatic heterocycles. The van der Waals surface area contributed by atoms with E-state index in [1.54, 1.807) is 6.07 Å². The highest BCUT2D eigenvalue weighted by Crippen LogP contribution is 2.19. The molecule has 0 saturated carbocycles. The predicted molar refractivity (Wildman–Crippen MR) is 73.3 cm³/mol. The van der Waals surface area contributed by atoms with Crippen LogP contribution < -0.4 is 11.1 Å². The van der Waals surface area contributed by atoms with E-state index in [0.717, 1.165) is 10.9 Å². The van der Waals surface area contributed by atoms with Crippen LogP contribution in [0.25, 0.3) is 10.9 Å². The number of amides is 1. The van der Waals surface area contributed by atoms with Crippen LogP contribution in [-0.2, 0) is 0 Å². The first-order valence-corrected chi connectivity index (χ1v) is 6.01. The van der Waals surface area contributed by atoms with E-state index < -0.39 is 0 Å². The zero-order valence-corrected chi connectivity index (χ0v) is 10.6. The van der Waals surface area contributed by atoms with Crippen LogP contribution in [0.5, 0.6) is 0 Å². The Kier molecular flexibility index (Phi) is 3.46. The van der Waals surface area contributed by atoms with Crippen molar-refractivity contribution < 1.29 is 4.79 Å². The molecular weight excluding hydrogens is 226 g/mol. The molecule has 0 aliphatic rings. The van der Waals surface area contributed by atoms with Crippen LogP contribution in [0.3, 0.4) is 0 Å². The fourth-order valence-corrected chi connectivity index (χ4v) is 1.71. The Hall–Kier alpha value is -2.10. The minimum Gasteiger partial charge on any atom is -0.398 e. The van der Waals surface area contributed by atoms with E-state index in [1.807, 2.05) is 38.1 Å². The Morgan fingerprint density at radius 2 is 2.11 bits per heavy atom. The number of fused-ring (bicyclic) bond motifs is 1. The largest absolute Gasteiger partial charge is 0.398 e. The smallest absolute Gasteiger partial charge is 0.269 e. The third kappa shape index (κ3) is 2.59. The molecule has 2 aromatic rings. The maximum absolute atomic E-state index is 11.9. The number of rotatable bonds is 3. The molecule has 0 fully saturated rings. The van der Waals surface area contributed by atoms with E-state index in [-0.39, 0.29) is 5.91 Å². The predicted octanol–water partition coefficient (Wildman–Crippen LogP) is 2.20. The fourth-order valence-electron chi connectivity index (χ4n) is 1.71. The second-order valence-corrected chi connectivity index (χ2v) is 4.72. The van der Waals surface area contributed by atoms with Crippen molar-refractivity contribution in [1.29, 1.82) is 0 Å². The number of para-hydroxylation sites is 1. The van der Waals surface area contributed by atoms with Crippen molar-refractivity contribution in [2.45, 2.75) is 13.8 Å². The highest BCUT2D eigenvalue weighted by molar-refractivity contribution is 5.99. The van der Waals surface area contributed by atoms with Crippen molar-refractivity contribution in [2.75, 3.05) is 12.3 Å². The first-order valence-electron chi connectivity index (χ1n) is 6.01. The Bertz CT molecular complexity index is 578. The summed E-state index contributed by atoms with van der Waals surface area (Å²) < 4.78 is 0. The van der Waals surface area contributed by atoms with Crippen LogP contribution in [0.15, 0.2) is 30.3 Å². The quantitative estimate of drug-likeness (QED) is 0.868. The summed E-state index contributed by atoms with van der Waals surface area (Å²) in [6, 6.07) is 9.15. The van der Waals surface area contributed by atoms with Crippen molar-refractivity contribution in [2.24, 2.45) is 5.92 Å². The summed E-state index contributed by atoms with van der Waals surface area (Å²) in [5, 5.41) is 3.71. The Labute approximate surface area is 106 Å². The van der Waals surface area contributed by atoms with Crippen molar-refractivity contribution >= 4 is 22.5 Å². The Morgan fingerprint density at radius 3 is 2.83 bits per heavy atom. The number of hydrogen-bond donors (Lipinski definition) is 2. The number of nitrogens with two attached hydrogens (primary N) is 1. The van der Waals surface area contributed by atoms with Crippen molar-refractivity contribution in [3.8, 4) is 0 Å². The molecule has 0 unspecified atom stereocenters. The zero-order chi connectivity index (χ0) is 13.1. The van der Waals surface area contributed by atoms with E-state index in [0.29, 0.717) is 23.8 Å². The maximum atomic E-state index is 11.9. The molecule has 1 aromatic carbocycles. The molecule has 4 heteroatoms. The third-order valence-electron chi connectivity index (χ3n) is 2.65. The van der Waals surface area contributed by atoms with Crippen molar-refractivity contribution in [3.05, 3.63) is 36.0 Å². The number of carbonyl (C=O) groups is 1. The highest BCUT2D eigenvalue weighted by atomic mass is 16.1. The van der Waals surface area contributed by atoms with Gasteiger partial charge < -0.3 is 11.1 Å². The van der Waals surface area contributed by atoms with Crippen LogP contribution in [0.1, 0.15) is 24.3 Å². The summed E-state index contributed by atoms with van der Waals surface area (Å²) in [6.45, 7) is 4.72. The topological polar surface area (TPSA) is 68.0 Å². The number of nitrogens with zero attached hydrogens (tertiary/aromatic N) is 1. The summed E-state index contributed by atoms with van der Waals surface area (Å²) in [6.07, 6.45) is 0. The summed E-state index contributed by atoms with van der Waals surface area (Å²) in [7, 11) is 0. The van der Waals surface area contributed by atoms with Gasteiger partial charge in [0.05, 0.1) is 5.52 Å². The number of anilines is 1. The molecule has 4 nitrogen and oxygen atoms in total. The average Bonchev–Trinajstić information content (AvgIpc) is 2.36. The van der Waals surface area contributed by atoms with Gasteiger partial charge in [0.25, 0.3) is 5.91 Å². The first kappa shape index (κ1) is 12.4. The van der Waals surface area contributed by atoms with Gasteiger partial charge in [-0.15, -0.1) is 0 Å². The summed E-state index contributed by atoms with van der Waals surface area (Å²) in [5.41, 5.74) is 7.62. The van der Waals surface area contributed by atoms with E-state index in [9.17, 15) is 4.79 Å². The molecule has 0 radical (unpaired) electrons. The van der Waals surface area contributed by atoms with Gasteiger partial charge in [0.15, 0.2) is 0 Å². The maximum Gasteiger partial charge on any atom is 0.269 e. The summed E-state index contributed by atoms with van der Waals surface area (Å²) in [4.78, 5) is 16.2.